The highest BCUT2D eigenvalue weighted by Crippen LogP contribution is 2.22. The number of anilines is 1. The molecule has 5 nitrogen and oxygen atoms in total. The predicted molar refractivity (Wildman–Crippen MR) is 117 cm³/mol. The summed E-state index contributed by atoms with van der Waals surface area (Å²) in [6, 6.07) is 18.9. The second kappa shape index (κ2) is 9.37. The number of hydrogen-bond acceptors (Lipinski definition) is 3. The lowest BCUT2D eigenvalue weighted by Gasteiger charge is -2.07. The van der Waals surface area contributed by atoms with E-state index in [4.69, 9.17) is 23.2 Å². The number of rotatable bonds is 5. The van der Waals surface area contributed by atoms with E-state index in [1.54, 1.807) is 54.6 Å². The van der Waals surface area contributed by atoms with E-state index in [-0.39, 0.29) is 5.91 Å². The van der Waals surface area contributed by atoms with Crippen LogP contribution in [0, 0.1) is 6.92 Å². The van der Waals surface area contributed by atoms with Crippen molar-refractivity contribution >= 4 is 46.9 Å². The van der Waals surface area contributed by atoms with Crippen molar-refractivity contribution in [1.82, 2.24) is 5.43 Å². The molecule has 0 fully saturated rings. The highest BCUT2D eigenvalue weighted by atomic mass is 35.5. The monoisotopic (exact) mass is 425 g/mol. The molecule has 29 heavy (non-hydrogen) atoms. The van der Waals surface area contributed by atoms with Crippen molar-refractivity contribution in [2.75, 3.05) is 5.32 Å². The van der Waals surface area contributed by atoms with E-state index in [1.807, 2.05) is 19.1 Å². The van der Waals surface area contributed by atoms with Crippen LogP contribution in [0.5, 0.6) is 0 Å². The molecule has 7 heteroatoms. The molecule has 0 saturated heterocycles. The second-order valence-corrected chi connectivity index (χ2v) is 7.05. The molecule has 0 bridgehead atoms. The minimum Gasteiger partial charge on any atom is -0.322 e. The number of amides is 2. The van der Waals surface area contributed by atoms with Gasteiger partial charge < -0.3 is 5.32 Å². The zero-order chi connectivity index (χ0) is 20.8. The lowest BCUT2D eigenvalue weighted by molar-refractivity contribution is 0.0953. The molecule has 146 valence electrons. The van der Waals surface area contributed by atoms with Crippen LogP contribution in [0.15, 0.2) is 71.8 Å². The number of carbonyl (C=O) groups excluding carboxylic acids is 2. The molecule has 3 rings (SSSR count). The third-order valence-electron chi connectivity index (χ3n) is 4.06. The average Bonchev–Trinajstić information content (AvgIpc) is 2.70. The van der Waals surface area contributed by atoms with Gasteiger partial charge in [-0.05, 0) is 49.4 Å². The third-order valence-corrected chi connectivity index (χ3v) is 4.72. The number of hydrogen-bond donors (Lipinski definition) is 2. The van der Waals surface area contributed by atoms with Crippen LogP contribution in [0.25, 0.3) is 0 Å². The van der Waals surface area contributed by atoms with Gasteiger partial charge in [0.2, 0.25) is 0 Å². The maximum absolute atomic E-state index is 12.3. The van der Waals surface area contributed by atoms with Crippen LogP contribution in [-0.2, 0) is 0 Å². The lowest BCUT2D eigenvalue weighted by atomic mass is 10.1. The fourth-order valence-electron chi connectivity index (χ4n) is 2.50. The summed E-state index contributed by atoms with van der Waals surface area (Å²) in [6.07, 6.45) is 1.38. The second-order valence-electron chi connectivity index (χ2n) is 6.24. The number of hydrazone groups is 1. The predicted octanol–water partition coefficient (Wildman–Crippen LogP) is 5.32. The van der Waals surface area contributed by atoms with Crippen molar-refractivity contribution < 1.29 is 9.59 Å². The molecule has 0 unspecified atom stereocenters. The van der Waals surface area contributed by atoms with Gasteiger partial charge in [0.15, 0.2) is 0 Å². The van der Waals surface area contributed by atoms with Crippen molar-refractivity contribution in [2.45, 2.75) is 6.92 Å². The van der Waals surface area contributed by atoms with E-state index in [1.165, 1.54) is 6.21 Å². The van der Waals surface area contributed by atoms with E-state index in [0.717, 1.165) is 5.56 Å². The highest BCUT2D eigenvalue weighted by Gasteiger charge is 2.09. The minimum absolute atomic E-state index is 0.256. The van der Waals surface area contributed by atoms with Gasteiger partial charge >= 0.3 is 0 Å². The molecule has 0 aliphatic carbocycles. The summed E-state index contributed by atoms with van der Waals surface area (Å²) in [4.78, 5) is 24.7. The summed E-state index contributed by atoms with van der Waals surface area (Å²) in [5.74, 6) is -0.690. The van der Waals surface area contributed by atoms with Gasteiger partial charge in [0.05, 0.1) is 16.3 Å². The number of nitrogens with zero attached hydrogens (tertiary/aromatic N) is 1. The molecule has 0 radical (unpaired) electrons. The molecule has 2 N–H and O–H groups in total. The van der Waals surface area contributed by atoms with Crippen LogP contribution in [0.2, 0.25) is 10.0 Å². The molecule has 0 spiro atoms. The van der Waals surface area contributed by atoms with Gasteiger partial charge in [-0.2, -0.15) is 5.10 Å². The molecule has 3 aromatic rings. The molecule has 3 aromatic carbocycles. The van der Waals surface area contributed by atoms with E-state index in [9.17, 15) is 9.59 Å². The number of carbonyl (C=O) groups is 2. The summed E-state index contributed by atoms with van der Waals surface area (Å²) >= 11 is 12.1. The molecule has 0 saturated carbocycles. The van der Waals surface area contributed by atoms with Crippen LogP contribution in [0.4, 0.5) is 5.69 Å². The third kappa shape index (κ3) is 5.44. The Labute approximate surface area is 178 Å². The van der Waals surface area contributed by atoms with Crippen molar-refractivity contribution in [3.63, 3.8) is 0 Å². The largest absolute Gasteiger partial charge is 0.322 e. The maximum Gasteiger partial charge on any atom is 0.271 e. The van der Waals surface area contributed by atoms with Gasteiger partial charge in [0, 0.05) is 22.4 Å². The van der Waals surface area contributed by atoms with Gasteiger partial charge in [-0.15, -0.1) is 0 Å². The van der Waals surface area contributed by atoms with Crippen LogP contribution in [0.3, 0.4) is 0 Å². The zero-order valence-electron chi connectivity index (χ0n) is 15.4. The fraction of sp³-hybridized carbons (Fsp3) is 0.0455. The molecular formula is C22H17Cl2N3O2. The first-order valence-corrected chi connectivity index (χ1v) is 9.45. The normalized spacial score (nSPS) is 10.7. The van der Waals surface area contributed by atoms with Gasteiger partial charge in [0.1, 0.15) is 0 Å². The molecule has 0 aliphatic rings. The summed E-state index contributed by atoms with van der Waals surface area (Å²) in [7, 11) is 0. The van der Waals surface area contributed by atoms with Crippen molar-refractivity contribution in [1.29, 1.82) is 0 Å². The van der Waals surface area contributed by atoms with Crippen LogP contribution < -0.4 is 10.7 Å². The summed E-state index contributed by atoms with van der Waals surface area (Å²) in [5.41, 5.74) is 5.38. The highest BCUT2D eigenvalue weighted by molar-refractivity contribution is 6.38. The maximum atomic E-state index is 12.3. The first kappa shape index (κ1) is 20.6. The van der Waals surface area contributed by atoms with Gasteiger partial charge in [-0.3, -0.25) is 9.59 Å². The Bertz CT molecular complexity index is 1060. The Morgan fingerprint density at radius 3 is 2.21 bits per heavy atom. The van der Waals surface area contributed by atoms with Crippen LogP contribution >= 0.6 is 23.2 Å². The van der Waals surface area contributed by atoms with Crippen LogP contribution in [0.1, 0.15) is 31.8 Å². The molecular weight excluding hydrogens is 409 g/mol. The van der Waals surface area contributed by atoms with Crippen molar-refractivity contribution in [2.24, 2.45) is 5.10 Å². The fourth-order valence-corrected chi connectivity index (χ4v) is 3.00. The quantitative estimate of drug-likeness (QED) is 0.428. The van der Waals surface area contributed by atoms with Crippen LogP contribution in [-0.4, -0.2) is 18.0 Å². The van der Waals surface area contributed by atoms with Gasteiger partial charge in [0.25, 0.3) is 11.8 Å². The Hall–Kier alpha value is -3.15. The molecule has 2 amide bonds. The molecule has 0 aliphatic heterocycles. The summed E-state index contributed by atoms with van der Waals surface area (Å²) in [6.45, 7) is 1.95. The molecule has 0 aromatic heterocycles. The zero-order valence-corrected chi connectivity index (χ0v) is 17.0. The molecule has 0 heterocycles. The SMILES string of the molecule is Cc1ccc(C(=O)Nc2cccc(C(=O)N/N=C\c3c(Cl)cccc3Cl)c2)cc1. The number of nitrogens with one attached hydrogen (secondary N) is 2. The lowest BCUT2D eigenvalue weighted by Crippen LogP contribution is -2.18. The summed E-state index contributed by atoms with van der Waals surface area (Å²) < 4.78 is 0. The Kier molecular flexibility index (Phi) is 6.65. The number of halogens is 2. The average molecular weight is 426 g/mol. The smallest absolute Gasteiger partial charge is 0.271 e. The number of aryl methyl sites for hydroxylation is 1. The van der Waals surface area contributed by atoms with E-state index in [2.05, 4.69) is 15.8 Å². The van der Waals surface area contributed by atoms with E-state index >= 15 is 0 Å². The van der Waals surface area contributed by atoms with E-state index in [0.29, 0.717) is 32.4 Å². The first-order chi connectivity index (χ1) is 13.9. The van der Waals surface area contributed by atoms with Crippen molar-refractivity contribution in [3.05, 3.63) is 99.0 Å². The molecule has 0 atom stereocenters. The Balaban J connectivity index is 1.67. The minimum atomic E-state index is -0.434. The van der Waals surface area contributed by atoms with Gasteiger partial charge in [-0.1, -0.05) is 53.0 Å². The standard InChI is InChI=1S/C22H17Cl2N3O2/c1-14-8-10-15(11-9-14)21(28)26-17-5-2-4-16(12-17)22(29)27-25-13-18-19(23)6-3-7-20(18)24/h2-13H,1H3,(H,26,28)(H,27,29)/b25-13-. The Morgan fingerprint density at radius 1 is 0.862 bits per heavy atom. The number of benzene rings is 3. The topological polar surface area (TPSA) is 70.6 Å². The Morgan fingerprint density at radius 2 is 1.52 bits per heavy atom. The first-order valence-electron chi connectivity index (χ1n) is 8.69. The van der Waals surface area contributed by atoms with Gasteiger partial charge in [-0.25, -0.2) is 5.43 Å². The van der Waals surface area contributed by atoms with Crippen molar-refractivity contribution in [3.8, 4) is 0 Å². The van der Waals surface area contributed by atoms with E-state index < -0.39 is 5.91 Å². The summed E-state index contributed by atoms with van der Waals surface area (Å²) in [5, 5.41) is 7.54.